The summed E-state index contributed by atoms with van der Waals surface area (Å²) >= 11 is 6.10. The van der Waals surface area contributed by atoms with Crippen molar-refractivity contribution >= 4 is 23.2 Å². The van der Waals surface area contributed by atoms with Gasteiger partial charge in [-0.05, 0) is 17.7 Å². The second-order valence-electron chi connectivity index (χ2n) is 5.66. The van der Waals surface area contributed by atoms with Gasteiger partial charge >= 0.3 is 0 Å². The fraction of sp³-hybridized carbons (Fsp3) is 0.250. The molecule has 0 spiro atoms. The highest BCUT2D eigenvalue weighted by molar-refractivity contribution is 6.31. The summed E-state index contributed by atoms with van der Waals surface area (Å²) in [6.07, 6.45) is 1.76. The third kappa shape index (κ3) is 3.46. The van der Waals surface area contributed by atoms with Crippen LogP contribution in [0.15, 0.2) is 47.4 Å². The van der Waals surface area contributed by atoms with Crippen LogP contribution >= 0.6 is 11.6 Å². The molecule has 1 amide bonds. The first kappa shape index (κ1) is 16.2. The normalized spacial score (nSPS) is 18.9. The monoisotopic (exact) mass is 347 g/mol. The van der Waals surface area contributed by atoms with Crippen LogP contribution in [-0.4, -0.2) is 21.4 Å². The topological polar surface area (TPSA) is 94.2 Å². The molecule has 1 N–H and O–H groups in total. The smallest absolute Gasteiger partial charge is 0.250 e. The number of rotatable bonds is 5. The van der Waals surface area contributed by atoms with Crippen LogP contribution in [0.3, 0.4) is 0 Å². The van der Waals surface area contributed by atoms with Gasteiger partial charge in [-0.1, -0.05) is 29.8 Å². The molecule has 2 aromatic rings. The highest BCUT2D eigenvalue weighted by Gasteiger charge is 2.53. The van der Waals surface area contributed by atoms with Gasteiger partial charge in [-0.25, -0.2) is 0 Å². The van der Waals surface area contributed by atoms with E-state index in [2.05, 4.69) is 5.32 Å². The number of carbonyl (C=O) groups excluding carboxylic acids is 1. The molecule has 3 rings (SSSR count). The van der Waals surface area contributed by atoms with Gasteiger partial charge in [0, 0.05) is 28.6 Å². The molecule has 0 aliphatic heterocycles. The summed E-state index contributed by atoms with van der Waals surface area (Å²) in [4.78, 5) is 34.1. The SMILES string of the molecule is O=C(Nc1ccc(=O)n(Cc2ccccc2Cl)c1)[C@H]1C[C@H]1[N+](=O)[O-]. The van der Waals surface area contributed by atoms with E-state index >= 15 is 0 Å². The highest BCUT2D eigenvalue weighted by atomic mass is 35.5. The minimum atomic E-state index is -0.806. The van der Waals surface area contributed by atoms with Crippen LogP contribution in [0.1, 0.15) is 12.0 Å². The predicted molar refractivity (Wildman–Crippen MR) is 88.8 cm³/mol. The highest BCUT2D eigenvalue weighted by Crippen LogP contribution is 2.34. The van der Waals surface area contributed by atoms with E-state index in [9.17, 15) is 19.7 Å². The van der Waals surface area contributed by atoms with E-state index in [0.717, 1.165) is 5.56 Å². The Morgan fingerprint density at radius 1 is 1.33 bits per heavy atom. The first-order valence-electron chi connectivity index (χ1n) is 7.34. The lowest BCUT2D eigenvalue weighted by Crippen LogP contribution is -2.23. The molecule has 7 nitrogen and oxygen atoms in total. The van der Waals surface area contributed by atoms with Crippen molar-refractivity contribution in [1.82, 2.24) is 4.57 Å². The Kier molecular flexibility index (Phi) is 4.35. The molecule has 0 saturated heterocycles. The van der Waals surface area contributed by atoms with Gasteiger partial charge in [0.05, 0.1) is 12.2 Å². The van der Waals surface area contributed by atoms with E-state index in [4.69, 9.17) is 11.6 Å². The van der Waals surface area contributed by atoms with E-state index in [1.807, 2.05) is 12.1 Å². The molecule has 1 heterocycles. The molecule has 1 aliphatic carbocycles. The Morgan fingerprint density at radius 2 is 2.08 bits per heavy atom. The zero-order chi connectivity index (χ0) is 17.3. The van der Waals surface area contributed by atoms with Crippen molar-refractivity contribution in [2.75, 3.05) is 5.32 Å². The number of amides is 1. The molecular formula is C16H14ClN3O4. The van der Waals surface area contributed by atoms with Crippen molar-refractivity contribution < 1.29 is 9.72 Å². The van der Waals surface area contributed by atoms with Crippen LogP contribution in [0, 0.1) is 16.0 Å². The molecule has 8 heteroatoms. The second-order valence-corrected chi connectivity index (χ2v) is 6.07. The molecule has 1 aromatic carbocycles. The average Bonchev–Trinajstić information content (AvgIpc) is 3.33. The molecule has 0 unspecified atom stereocenters. The van der Waals surface area contributed by atoms with Crippen LogP contribution in [0.2, 0.25) is 5.02 Å². The number of nitrogens with zero attached hydrogens (tertiary/aromatic N) is 2. The maximum Gasteiger partial charge on any atom is 0.250 e. The summed E-state index contributed by atoms with van der Waals surface area (Å²) in [5.41, 5.74) is 0.962. The number of carbonyl (C=O) groups is 1. The number of benzene rings is 1. The molecule has 0 bridgehead atoms. The number of anilines is 1. The lowest BCUT2D eigenvalue weighted by atomic mass is 10.2. The Morgan fingerprint density at radius 3 is 2.75 bits per heavy atom. The molecule has 1 saturated carbocycles. The molecule has 0 radical (unpaired) electrons. The lowest BCUT2D eigenvalue weighted by molar-refractivity contribution is -0.497. The van der Waals surface area contributed by atoms with Crippen molar-refractivity contribution in [3.05, 3.63) is 73.6 Å². The first-order valence-corrected chi connectivity index (χ1v) is 7.72. The molecule has 124 valence electrons. The molecule has 1 aromatic heterocycles. The maximum atomic E-state index is 12.0. The van der Waals surface area contributed by atoms with E-state index in [0.29, 0.717) is 10.7 Å². The van der Waals surface area contributed by atoms with Gasteiger partial charge in [0.1, 0.15) is 5.92 Å². The van der Waals surface area contributed by atoms with Gasteiger partial charge in [-0.15, -0.1) is 0 Å². The summed E-state index contributed by atoms with van der Waals surface area (Å²) in [5, 5.41) is 13.8. The predicted octanol–water partition coefficient (Wildman–Crippen LogP) is 2.15. The third-order valence-corrected chi connectivity index (χ3v) is 4.28. The van der Waals surface area contributed by atoms with E-state index in [1.165, 1.54) is 22.9 Å². The summed E-state index contributed by atoms with van der Waals surface area (Å²) in [7, 11) is 0. The van der Waals surface area contributed by atoms with Crippen molar-refractivity contribution in [3.8, 4) is 0 Å². The molecule has 1 aliphatic rings. The molecule has 1 fully saturated rings. The van der Waals surface area contributed by atoms with Crippen LogP contribution in [-0.2, 0) is 11.3 Å². The van der Waals surface area contributed by atoms with Gasteiger partial charge in [-0.3, -0.25) is 19.7 Å². The number of halogens is 1. The minimum absolute atomic E-state index is 0.234. The number of hydrogen-bond acceptors (Lipinski definition) is 4. The maximum absolute atomic E-state index is 12.0. The van der Waals surface area contributed by atoms with Crippen molar-refractivity contribution in [2.24, 2.45) is 5.92 Å². The van der Waals surface area contributed by atoms with Crippen molar-refractivity contribution in [1.29, 1.82) is 0 Å². The quantitative estimate of drug-likeness (QED) is 0.662. The molecule has 2 atom stereocenters. The van der Waals surface area contributed by atoms with Gasteiger partial charge in [-0.2, -0.15) is 0 Å². The zero-order valence-electron chi connectivity index (χ0n) is 12.5. The molecule has 24 heavy (non-hydrogen) atoms. The number of nitrogens with one attached hydrogen (secondary N) is 1. The minimum Gasteiger partial charge on any atom is -0.324 e. The van der Waals surface area contributed by atoms with Gasteiger partial charge in [0.2, 0.25) is 11.9 Å². The van der Waals surface area contributed by atoms with Crippen LogP contribution in [0.25, 0.3) is 0 Å². The number of pyridine rings is 1. The Hall–Kier alpha value is -2.67. The summed E-state index contributed by atoms with van der Waals surface area (Å²) in [5.74, 6) is -1.01. The lowest BCUT2D eigenvalue weighted by Gasteiger charge is -2.10. The van der Waals surface area contributed by atoms with Gasteiger partial charge in [0.15, 0.2) is 0 Å². The van der Waals surface area contributed by atoms with E-state index in [1.54, 1.807) is 12.1 Å². The Labute approximate surface area is 142 Å². The largest absolute Gasteiger partial charge is 0.324 e. The Bertz CT molecular complexity index is 864. The average molecular weight is 348 g/mol. The van der Waals surface area contributed by atoms with E-state index < -0.39 is 22.8 Å². The summed E-state index contributed by atoms with van der Waals surface area (Å²) in [6, 6.07) is 9.18. The van der Waals surface area contributed by atoms with Crippen LogP contribution in [0.5, 0.6) is 0 Å². The summed E-state index contributed by atoms with van der Waals surface area (Å²) < 4.78 is 1.43. The zero-order valence-corrected chi connectivity index (χ0v) is 13.3. The van der Waals surface area contributed by atoms with E-state index in [-0.39, 0.29) is 18.5 Å². The number of hydrogen-bond donors (Lipinski definition) is 1. The standard InChI is InChI=1S/C16H14ClN3O4/c17-13-4-2-1-3-10(13)8-19-9-11(5-6-15(19)21)18-16(22)12-7-14(12)20(23)24/h1-6,9,12,14H,7-8H2,(H,18,22)/t12-,14+/m0/s1. The fourth-order valence-electron chi connectivity index (χ4n) is 2.47. The molecular weight excluding hydrogens is 334 g/mol. The third-order valence-electron chi connectivity index (χ3n) is 3.91. The van der Waals surface area contributed by atoms with Crippen LogP contribution in [0.4, 0.5) is 5.69 Å². The first-order chi connectivity index (χ1) is 11.5. The summed E-state index contributed by atoms with van der Waals surface area (Å²) in [6.45, 7) is 0.267. The van der Waals surface area contributed by atoms with Crippen LogP contribution < -0.4 is 10.9 Å². The Balaban J connectivity index is 1.75. The second kappa shape index (κ2) is 6.45. The number of nitro groups is 1. The number of aromatic nitrogens is 1. The fourth-order valence-corrected chi connectivity index (χ4v) is 2.67. The van der Waals surface area contributed by atoms with Crippen molar-refractivity contribution in [3.63, 3.8) is 0 Å². The van der Waals surface area contributed by atoms with Crippen molar-refractivity contribution in [2.45, 2.75) is 19.0 Å². The van der Waals surface area contributed by atoms with Gasteiger partial charge in [0.25, 0.3) is 5.56 Å². The van der Waals surface area contributed by atoms with Gasteiger partial charge < -0.3 is 9.88 Å².